The van der Waals surface area contributed by atoms with Gasteiger partial charge in [0, 0.05) is 23.7 Å². The summed E-state index contributed by atoms with van der Waals surface area (Å²) >= 11 is 3.57. The van der Waals surface area contributed by atoms with Crippen LogP contribution in [0.2, 0.25) is 0 Å². The van der Waals surface area contributed by atoms with Crippen molar-refractivity contribution in [2.45, 2.75) is 18.9 Å². The molecule has 0 amide bonds. The van der Waals surface area contributed by atoms with Crippen LogP contribution in [0.4, 0.5) is 0 Å². The minimum Gasteiger partial charge on any atom is -0.454 e. The summed E-state index contributed by atoms with van der Waals surface area (Å²) in [6, 6.07) is 3.95. The molecule has 2 aliphatic heterocycles. The molecule has 1 atom stereocenters. The smallest absolute Gasteiger partial charge is 0.231 e. The molecule has 0 spiro atoms. The van der Waals surface area contributed by atoms with Gasteiger partial charge in [-0.25, -0.2) is 0 Å². The van der Waals surface area contributed by atoms with Crippen LogP contribution in [0.5, 0.6) is 11.5 Å². The molecule has 1 aromatic carbocycles. The molecule has 2 heterocycles. The van der Waals surface area contributed by atoms with Crippen molar-refractivity contribution in [1.82, 2.24) is 0 Å². The highest BCUT2D eigenvalue weighted by molar-refractivity contribution is 9.10. The van der Waals surface area contributed by atoms with Crippen LogP contribution in [-0.2, 0) is 4.74 Å². The maximum absolute atomic E-state index is 6.38. The molecule has 0 saturated carbocycles. The second-order valence-corrected chi connectivity index (χ2v) is 5.56. The monoisotopic (exact) mass is 313 g/mol. The van der Waals surface area contributed by atoms with E-state index in [1.54, 1.807) is 0 Å². The van der Waals surface area contributed by atoms with Gasteiger partial charge in [0.05, 0.1) is 0 Å². The third-order valence-electron chi connectivity index (χ3n) is 3.62. The summed E-state index contributed by atoms with van der Waals surface area (Å²) in [5.41, 5.74) is 7.47. The van der Waals surface area contributed by atoms with E-state index >= 15 is 0 Å². The van der Waals surface area contributed by atoms with E-state index in [9.17, 15) is 0 Å². The Kier molecular flexibility index (Phi) is 3.46. The van der Waals surface area contributed by atoms with E-state index in [2.05, 4.69) is 15.9 Å². The zero-order valence-corrected chi connectivity index (χ0v) is 11.6. The van der Waals surface area contributed by atoms with Gasteiger partial charge in [-0.1, -0.05) is 15.9 Å². The van der Waals surface area contributed by atoms with Gasteiger partial charge >= 0.3 is 0 Å². The van der Waals surface area contributed by atoms with Crippen LogP contribution in [0.15, 0.2) is 16.6 Å². The van der Waals surface area contributed by atoms with E-state index in [4.69, 9.17) is 19.9 Å². The maximum atomic E-state index is 6.38. The lowest BCUT2D eigenvalue weighted by Gasteiger charge is -2.28. The average Bonchev–Trinajstić information content (AvgIpc) is 2.85. The number of rotatable bonds is 2. The SMILES string of the molecule is N[C@@H](c1cc2c(cc1Br)OCO2)C1CCOCC1. The number of hydrogen-bond donors (Lipinski definition) is 1. The Bertz CT molecular complexity index is 446. The van der Waals surface area contributed by atoms with Crippen LogP contribution >= 0.6 is 15.9 Å². The minimum atomic E-state index is 0.0118. The molecule has 2 aliphatic rings. The summed E-state index contributed by atoms with van der Waals surface area (Å²) < 4.78 is 17.1. The standard InChI is InChI=1S/C13H16BrNO3/c14-10-6-12-11(17-7-18-12)5-9(10)13(15)8-1-3-16-4-2-8/h5-6,8,13H,1-4,7,15H2/t13-/m1/s1. The van der Waals surface area contributed by atoms with E-state index in [1.807, 2.05) is 12.1 Å². The molecule has 5 heteroatoms. The van der Waals surface area contributed by atoms with E-state index in [-0.39, 0.29) is 12.8 Å². The van der Waals surface area contributed by atoms with Crippen LogP contribution < -0.4 is 15.2 Å². The normalized spacial score (nSPS) is 21.0. The predicted molar refractivity (Wildman–Crippen MR) is 70.7 cm³/mol. The zero-order chi connectivity index (χ0) is 12.5. The molecule has 1 saturated heterocycles. The Morgan fingerprint density at radius 2 is 1.83 bits per heavy atom. The first kappa shape index (κ1) is 12.3. The summed E-state index contributed by atoms with van der Waals surface area (Å²) in [5, 5.41) is 0. The quantitative estimate of drug-likeness (QED) is 0.912. The molecule has 18 heavy (non-hydrogen) atoms. The van der Waals surface area contributed by atoms with Gasteiger partial charge < -0.3 is 19.9 Å². The first-order chi connectivity index (χ1) is 8.75. The van der Waals surface area contributed by atoms with Gasteiger partial charge in [-0.05, 0) is 36.5 Å². The fourth-order valence-corrected chi connectivity index (χ4v) is 3.10. The summed E-state index contributed by atoms with van der Waals surface area (Å²) in [6.07, 6.45) is 2.03. The number of halogens is 1. The first-order valence-electron chi connectivity index (χ1n) is 6.18. The van der Waals surface area contributed by atoms with E-state index in [0.29, 0.717) is 5.92 Å². The summed E-state index contributed by atoms with van der Waals surface area (Å²) in [6.45, 7) is 1.90. The highest BCUT2D eigenvalue weighted by Gasteiger charge is 2.26. The second kappa shape index (κ2) is 5.07. The van der Waals surface area contributed by atoms with Gasteiger partial charge in [0.25, 0.3) is 0 Å². The zero-order valence-electron chi connectivity index (χ0n) is 10.0. The third-order valence-corrected chi connectivity index (χ3v) is 4.31. The molecular weight excluding hydrogens is 298 g/mol. The maximum Gasteiger partial charge on any atom is 0.231 e. The predicted octanol–water partition coefficient (Wildman–Crippen LogP) is 2.60. The molecule has 4 nitrogen and oxygen atoms in total. The molecule has 0 aliphatic carbocycles. The van der Waals surface area contributed by atoms with Crippen LogP contribution in [-0.4, -0.2) is 20.0 Å². The van der Waals surface area contributed by atoms with Gasteiger partial charge in [-0.15, -0.1) is 0 Å². The number of benzene rings is 1. The van der Waals surface area contributed by atoms with Gasteiger partial charge in [0.15, 0.2) is 11.5 Å². The average molecular weight is 314 g/mol. The topological polar surface area (TPSA) is 53.7 Å². The summed E-state index contributed by atoms with van der Waals surface area (Å²) in [4.78, 5) is 0. The van der Waals surface area contributed by atoms with Gasteiger partial charge in [0.1, 0.15) is 0 Å². The molecule has 98 valence electrons. The molecule has 1 aromatic rings. The van der Waals surface area contributed by atoms with Crippen molar-refractivity contribution in [2.75, 3.05) is 20.0 Å². The van der Waals surface area contributed by atoms with Crippen molar-refractivity contribution >= 4 is 15.9 Å². The van der Waals surface area contributed by atoms with Crippen molar-refractivity contribution in [3.8, 4) is 11.5 Å². The minimum absolute atomic E-state index is 0.0118. The van der Waals surface area contributed by atoms with Crippen LogP contribution in [0, 0.1) is 5.92 Å². The van der Waals surface area contributed by atoms with Crippen molar-refractivity contribution in [3.05, 3.63) is 22.2 Å². The Labute approximate surface area is 115 Å². The Balaban J connectivity index is 1.86. The van der Waals surface area contributed by atoms with Crippen molar-refractivity contribution in [2.24, 2.45) is 11.7 Å². The molecule has 2 N–H and O–H groups in total. The Morgan fingerprint density at radius 1 is 1.17 bits per heavy atom. The Morgan fingerprint density at radius 3 is 2.56 bits per heavy atom. The number of ether oxygens (including phenoxy) is 3. The number of nitrogens with two attached hydrogens (primary N) is 1. The fourth-order valence-electron chi connectivity index (χ4n) is 2.52. The molecule has 0 unspecified atom stereocenters. The van der Waals surface area contributed by atoms with Crippen molar-refractivity contribution in [3.63, 3.8) is 0 Å². The van der Waals surface area contributed by atoms with Crippen LogP contribution in [0.1, 0.15) is 24.4 Å². The molecular formula is C13H16BrNO3. The molecule has 1 fully saturated rings. The number of hydrogen-bond acceptors (Lipinski definition) is 4. The summed E-state index contributed by atoms with van der Waals surface area (Å²) in [7, 11) is 0. The fraction of sp³-hybridized carbons (Fsp3) is 0.538. The second-order valence-electron chi connectivity index (χ2n) is 4.70. The first-order valence-corrected chi connectivity index (χ1v) is 6.97. The van der Waals surface area contributed by atoms with Gasteiger partial charge in [0.2, 0.25) is 6.79 Å². The lowest BCUT2D eigenvalue weighted by molar-refractivity contribution is 0.0583. The van der Waals surface area contributed by atoms with Crippen molar-refractivity contribution < 1.29 is 14.2 Å². The van der Waals surface area contributed by atoms with E-state index in [0.717, 1.165) is 47.6 Å². The molecule has 0 aromatic heterocycles. The lowest BCUT2D eigenvalue weighted by atomic mass is 9.87. The van der Waals surface area contributed by atoms with E-state index < -0.39 is 0 Å². The highest BCUT2D eigenvalue weighted by Crippen LogP contribution is 2.41. The lowest BCUT2D eigenvalue weighted by Crippen LogP contribution is -2.27. The van der Waals surface area contributed by atoms with E-state index in [1.165, 1.54) is 0 Å². The summed E-state index contributed by atoms with van der Waals surface area (Å²) in [5.74, 6) is 2.04. The van der Waals surface area contributed by atoms with Crippen LogP contribution in [0.25, 0.3) is 0 Å². The Hall–Kier alpha value is -0.780. The molecule has 3 rings (SSSR count). The van der Waals surface area contributed by atoms with Crippen molar-refractivity contribution in [1.29, 1.82) is 0 Å². The van der Waals surface area contributed by atoms with Gasteiger partial charge in [-0.2, -0.15) is 0 Å². The van der Waals surface area contributed by atoms with Gasteiger partial charge in [-0.3, -0.25) is 0 Å². The van der Waals surface area contributed by atoms with Crippen LogP contribution in [0.3, 0.4) is 0 Å². The number of fused-ring (bicyclic) bond motifs is 1. The molecule has 0 radical (unpaired) electrons. The largest absolute Gasteiger partial charge is 0.454 e. The third kappa shape index (κ3) is 2.22. The highest BCUT2D eigenvalue weighted by atomic mass is 79.9. The molecule has 0 bridgehead atoms.